The van der Waals surface area contributed by atoms with E-state index in [0.29, 0.717) is 12.1 Å². The minimum absolute atomic E-state index is 0.0131. The smallest absolute Gasteiger partial charge is 0.339 e. The molecule has 0 amide bonds. The van der Waals surface area contributed by atoms with Crippen LogP contribution in [0.3, 0.4) is 0 Å². The van der Waals surface area contributed by atoms with Gasteiger partial charge in [0.25, 0.3) is 5.56 Å². The minimum Gasteiger partial charge on any atom is -0.339 e. The Morgan fingerprint density at radius 1 is 1.52 bits per heavy atom. The Balaban J connectivity index is 2.46. The topological polar surface area (TPSA) is 119 Å². The van der Waals surface area contributed by atoms with Crippen molar-refractivity contribution in [1.82, 2.24) is 19.1 Å². The van der Waals surface area contributed by atoms with Gasteiger partial charge in [-0.3, -0.25) is 13.9 Å². The Morgan fingerprint density at radius 3 is 2.86 bits per heavy atom. The third-order valence-corrected chi connectivity index (χ3v) is 3.76. The van der Waals surface area contributed by atoms with E-state index in [0.717, 1.165) is 4.57 Å². The molecule has 2 atom stereocenters. The number of nitrogens with zero attached hydrogens (tertiary/aromatic N) is 3. The van der Waals surface area contributed by atoms with E-state index in [4.69, 9.17) is 4.89 Å². The molecule has 0 aliphatic carbocycles. The first kappa shape index (κ1) is 15.6. The van der Waals surface area contributed by atoms with Gasteiger partial charge in [-0.1, -0.05) is 6.92 Å². The van der Waals surface area contributed by atoms with E-state index in [1.807, 2.05) is 6.92 Å². The van der Waals surface area contributed by atoms with Crippen molar-refractivity contribution in [2.45, 2.75) is 25.8 Å². The molecule has 2 unspecified atom stereocenters. The van der Waals surface area contributed by atoms with Crippen LogP contribution in [0, 0.1) is 0 Å². The third-order valence-electron chi connectivity index (χ3n) is 3.35. The number of hydrogen-bond donors (Lipinski definition) is 2. The first-order valence-corrected chi connectivity index (χ1v) is 7.54. The molecule has 2 aromatic rings. The lowest BCUT2D eigenvalue weighted by Crippen LogP contribution is -2.41. The van der Waals surface area contributed by atoms with Crippen LogP contribution >= 0.6 is 8.25 Å². The molecular weight excluding hydrogens is 299 g/mol. The highest BCUT2D eigenvalue weighted by Crippen LogP contribution is 2.19. The van der Waals surface area contributed by atoms with Gasteiger partial charge in [0.2, 0.25) is 0 Å². The van der Waals surface area contributed by atoms with E-state index in [1.54, 1.807) is 0 Å². The van der Waals surface area contributed by atoms with Crippen molar-refractivity contribution in [2.75, 3.05) is 6.61 Å². The number of aromatic amines is 1. The van der Waals surface area contributed by atoms with Gasteiger partial charge in [0.15, 0.2) is 5.65 Å². The number of rotatable bonds is 6. The monoisotopic (exact) mass is 315 g/mol. The highest BCUT2D eigenvalue weighted by molar-refractivity contribution is 7.32. The molecule has 0 aliphatic heterocycles. The second kappa shape index (κ2) is 6.30. The molecule has 2 rings (SSSR count). The Hall–Kier alpha value is -1.83. The van der Waals surface area contributed by atoms with Crippen molar-refractivity contribution >= 4 is 19.4 Å². The second-order valence-corrected chi connectivity index (χ2v) is 5.27. The van der Waals surface area contributed by atoms with E-state index < -0.39 is 25.5 Å². The fraction of sp³-hybridized carbons (Fsp3) is 0.545. The lowest BCUT2D eigenvalue weighted by atomic mass is 10.1. The highest BCUT2D eigenvalue weighted by atomic mass is 31.1. The third kappa shape index (κ3) is 2.94. The fourth-order valence-corrected chi connectivity index (χ4v) is 2.52. The van der Waals surface area contributed by atoms with Crippen LogP contribution in [0.5, 0.6) is 0 Å². The van der Waals surface area contributed by atoms with Gasteiger partial charge in [-0.05, 0) is 12.8 Å². The van der Waals surface area contributed by atoms with E-state index in [2.05, 4.69) is 14.5 Å². The summed E-state index contributed by atoms with van der Waals surface area (Å²) in [6, 6.07) is -0.418. The number of imidazole rings is 1. The summed E-state index contributed by atoms with van der Waals surface area (Å²) in [4.78, 5) is 40.0. The van der Waals surface area contributed by atoms with Crippen LogP contribution in [-0.2, 0) is 16.1 Å². The van der Waals surface area contributed by atoms with Crippen LogP contribution < -0.4 is 11.2 Å². The fourth-order valence-electron chi connectivity index (χ4n) is 2.26. The zero-order valence-corrected chi connectivity index (χ0v) is 12.5. The number of H-pyrrole nitrogens is 1. The van der Waals surface area contributed by atoms with Crippen LogP contribution in [-0.4, -0.2) is 30.6 Å². The molecule has 21 heavy (non-hydrogen) atoms. The molecule has 114 valence electrons. The number of hydrogen-bond acceptors (Lipinski definition) is 5. The predicted molar refractivity (Wildman–Crippen MR) is 75.3 cm³/mol. The summed E-state index contributed by atoms with van der Waals surface area (Å²) >= 11 is 0. The average molecular weight is 315 g/mol. The molecule has 0 bridgehead atoms. The summed E-state index contributed by atoms with van der Waals surface area (Å²) in [5.41, 5.74) is -0.374. The van der Waals surface area contributed by atoms with Crippen LogP contribution in [0.25, 0.3) is 11.2 Å². The van der Waals surface area contributed by atoms with E-state index in [9.17, 15) is 14.2 Å². The highest BCUT2D eigenvalue weighted by Gasteiger charge is 2.21. The quantitative estimate of drug-likeness (QED) is 0.746. The lowest BCUT2D eigenvalue weighted by molar-refractivity contribution is 0.249. The Kier molecular flexibility index (Phi) is 4.66. The molecule has 0 saturated carbocycles. The molecule has 2 aromatic heterocycles. The van der Waals surface area contributed by atoms with Crippen molar-refractivity contribution in [3.63, 3.8) is 0 Å². The van der Waals surface area contributed by atoms with Gasteiger partial charge in [0.1, 0.15) is 12.1 Å². The Bertz CT molecular complexity index is 777. The van der Waals surface area contributed by atoms with Gasteiger partial charge in [0.05, 0.1) is 6.33 Å². The summed E-state index contributed by atoms with van der Waals surface area (Å²) in [5.74, 6) is 0. The summed E-state index contributed by atoms with van der Waals surface area (Å²) in [6.45, 7) is 1.81. The molecule has 2 heterocycles. The van der Waals surface area contributed by atoms with Crippen molar-refractivity contribution in [3.8, 4) is 0 Å². The average Bonchev–Trinajstić information content (AvgIpc) is 2.92. The van der Waals surface area contributed by atoms with Gasteiger partial charge in [0, 0.05) is 17.7 Å². The second-order valence-electron chi connectivity index (χ2n) is 4.54. The van der Waals surface area contributed by atoms with Gasteiger partial charge < -0.3 is 4.98 Å². The van der Waals surface area contributed by atoms with Crippen LogP contribution in [0.4, 0.5) is 0 Å². The van der Waals surface area contributed by atoms with Crippen molar-refractivity contribution in [1.29, 1.82) is 0 Å². The molecule has 0 aliphatic rings. The first-order chi connectivity index (χ1) is 9.97. The zero-order chi connectivity index (χ0) is 15.6. The SMILES string of the molecule is CCC(CCO[P+](=O)O)n1c(=O)c2[nH]cnc2n(C)c1=O. The minimum atomic E-state index is -2.68. The van der Waals surface area contributed by atoms with Crippen LogP contribution in [0.1, 0.15) is 25.8 Å². The number of nitrogens with one attached hydrogen (secondary N) is 1. The summed E-state index contributed by atoms with van der Waals surface area (Å²) in [5, 5.41) is 0. The standard InChI is InChI=1S/C11H15N4O5P/c1-3-7(4-5-20-21(18)19)15-10(16)8-9(13-6-12-8)14(2)11(15)17/h6-7H,3-5H2,1-2H3,(H-,12,13,16,18,19)/p+1. The molecule has 10 heteroatoms. The molecule has 0 fully saturated rings. The van der Waals surface area contributed by atoms with Crippen LogP contribution in [0.15, 0.2) is 15.9 Å². The molecule has 9 nitrogen and oxygen atoms in total. The van der Waals surface area contributed by atoms with E-state index in [-0.39, 0.29) is 18.5 Å². The molecule has 2 N–H and O–H groups in total. The zero-order valence-electron chi connectivity index (χ0n) is 11.6. The summed E-state index contributed by atoms with van der Waals surface area (Å²) in [7, 11) is -1.15. The van der Waals surface area contributed by atoms with Gasteiger partial charge >= 0.3 is 13.9 Å². The maximum absolute atomic E-state index is 12.4. The van der Waals surface area contributed by atoms with Gasteiger partial charge in [-0.25, -0.2) is 9.78 Å². The predicted octanol–water partition coefficient (Wildman–Crippen LogP) is 0.431. The van der Waals surface area contributed by atoms with E-state index >= 15 is 0 Å². The number of aromatic nitrogens is 4. The largest absolute Gasteiger partial charge is 0.694 e. The number of aryl methyl sites for hydroxylation is 1. The molecule has 0 aromatic carbocycles. The maximum Gasteiger partial charge on any atom is 0.694 e. The first-order valence-electron chi connectivity index (χ1n) is 6.41. The summed E-state index contributed by atoms with van der Waals surface area (Å²) < 4.78 is 17.5. The van der Waals surface area contributed by atoms with Crippen molar-refractivity contribution < 1.29 is 14.0 Å². The van der Waals surface area contributed by atoms with E-state index in [1.165, 1.54) is 17.9 Å². The Labute approximate surface area is 120 Å². The summed E-state index contributed by atoms with van der Waals surface area (Å²) in [6.07, 6.45) is 2.16. The van der Waals surface area contributed by atoms with Gasteiger partial charge in [-0.2, -0.15) is 0 Å². The normalized spacial score (nSPS) is 13.6. The molecule has 0 radical (unpaired) electrons. The number of fused-ring (bicyclic) bond motifs is 1. The Morgan fingerprint density at radius 2 is 2.24 bits per heavy atom. The molecule has 0 spiro atoms. The van der Waals surface area contributed by atoms with Crippen molar-refractivity contribution in [3.05, 3.63) is 27.2 Å². The maximum atomic E-state index is 12.4. The molecule has 0 saturated heterocycles. The van der Waals surface area contributed by atoms with Crippen LogP contribution in [0.2, 0.25) is 0 Å². The van der Waals surface area contributed by atoms with Crippen molar-refractivity contribution in [2.24, 2.45) is 7.05 Å². The lowest BCUT2D eigenvalue weighted by Gasteiger charge is -2.16. The van der Waals surface area contributed by atoms with Gasteiger partial charge in [-0.15, -0.1) is 9.42 Å². The molecular formula is C11H16N4O5P+.